The van der Waals surface area contributed by atoms with Crippen LogP contribution in [0.25, 0.3) is 10.9 Å². The molecule has 3 aromatic heterocycles. The predicted octanol–water partition coefficient (Wildman–Crippen LogP) is 4.50. The van der Waals surface area contributed by atoms with Crippen molar-refractivity contribution < 1.29 is 9.59 Å². The Morgan fingerprint density at radius 2 is 1.43 bits per heavy atom. The Labute approximate surface area is 252 Å². The Morgan fingerprint density at radius 3 is 1.95 bits per heavy atom. The first-order valence-electron chi connectivity index (χ1n) is 14.1. The highest BCUT2D eigenvalue weighted by Crippen LogP contribution is 2.27. The highest BCUT2D eigenvalue weighted by atomic mass is 32.1. The van der Waals surface area contributed by atoms with Gasteiger partial charge < -0.3 is 25.4 Å². The van der Waals surface area contributed by atoms with Gasteiger partial charge in [0, 0.05) is 50.7 Å². The summed E-state index contributed by atoms with van der Waals surface area (Å²) in [6.45, 7) is 2.91. The lowest BCUT2D eigenvalue weighted by Crippen LogP contribution is -2.42. The van der Waals surface area contributed by atoms with E-state index in [0.717, 1.165) is 59.4 Å². The molecule has 0 radical (unpaired) electrons. The maximum absolute atomic E-state index is 12.6. The van der Waals surface area contributed by atoms with Gasteiger partial charge in [-0.3, -0.25) is 14.4 Å². The Hall–Kier alpha value is -3.98. The van der Waals surface area contributed by atoms with Crippen molar-refractivity contribution in [2.45, 2.75) is 37.8 Å². The van der Waals surface area contributed by atoms with E-state index in [4.69, 9.17) is 5.73 Å². The molecule has 218 valence electrons. The number of nitrogens with zero attached hydrogens (tertiary/aromatic N) is 4. The molecule has 0 saturated carbocycles. The van der Waals surface area contributed by atoms with Crippen molar-refractivity contribution in [1.29, 1.82) is 5.26 Å². The van der Waals surface area contributed by atoms with Crippen LogP contribution in [0.2, 0.25) is 0 Å². The van der Waals surface area contributed by atoms with E-state index in [-0.39, 0.29) is 35.0 Å². The Morgan fingerprint density at radius 1 is 0.881 bits per heavy atom. The lowest BCUT2D eigenvalue weighted by atomic mass is 10.0. The second-order valence-electron chi connectivity index (χ2n) is 10.5. The molecule has 2 aliphatic heterocycles. The van der Waals surface area contributed by atoms with E-state index in [1.807, 2.05) is 69.1 Å². The zero-order valence-electron chi connectivity index (χ0n) is 23.5. The molecule has 2 amide bonds. The molecule has 6 rings (SSSR count). The summed E-state index contributed by atoms with van der Waals surface area (Å²) in [7, 11) is 1.68. The quantitative estimate of drug-likeness (QED) is 0.355. The highest BCUT2D eigenvalue weighted by Gasteiger charge is 2.26. The standard InChI is InChI=1S/C21H20N4O2S.C10H14N2OS/c1-24-17-6-3-2-5-15(17)19(16(13-22)20(24)26)23-14-8-10-25(11-9-14)21(27)18-7-4-12-28-18;11-8-3-5-12(6-4-8)10(13)9-2-1-7-14-9/h2-7,12,14,23H,8-11H2,1H3;1-2,7-8H,3-6,11H2. The molecule has 0 spiro atoms. The van der Waals surface area contributed by atoms with Gasteiger partial charge in [0.05, 0.1) is 21.0 Å². The average molecular weight is 603 g/mol. The Balaban J connectivity index is 0.000000211. The van der Waals surface area contributed by atoms with E-state index >= 15 is 0 Å². The zero-order chi connectivity index (χ0) is 29.6. The maximum atomic E-state index is 12.6. The molecule has 0 unspecified atom stereocenters. The first-order chi connectivity index (χ1) is 20.4. The van der Waals surface area contributed by atoms with Crippen LogP contribution in [-0.4, -0.2) is 64.4 Å². The number of pyridine rings is 1. The molecule has 2 aliphatic rings. The molecule has 5 heterocycles. The number of nitrogens with one attached hydrogen (secondary N) is 1. The first-order valence-corrected chi connectivity index (χ1v) is 15.8. The number of fused-ring (bicyclic) bond motifs is 1. The fraction of sp³-hybridized carbons (Fsp3) is 0.355. The van der Waals surface area contributed by atoms with Crippen molar-refractivity contribution in [3.63, 3.8) is 0 Å². The number of anilines is 1. The number of piperidine rings is 2. The minimum Gasteiger partial charge on any atom is -0.380 e. The van der Waals surface area contributed by atoms with Gasteiger partial charge in [0.15, 0.2) is 0 Å². The summed E-state index contributed by atoms with van der Waals surface area (Å²) >= 11 is 2.96. The van der Waals surface area contributed by atoms with Gasteiger partial charge in [-0.25, -0.2) is 0 Å². The molecule has 0 aliphatic carbocycles. The van der Waals surface area contributed by atoms with Crippen LogP contribution in [0.4, 0.5) is 5.69 Å². The normalized spacial score (nSPS) is 16.0. The van der Waals surface area contributed by atoms with Gasteiger partial charge in [0.2, 0.25) is 0 Å². The summed E-state index contributed by atoms with van der Waals surface area (Å²) < 4.78 is 1.52. The molecular formula is C31H34N6O3S2. The fourth-order valence-corrected chi connectivity index (χ4v) is 6.78. The number of nitrogens with two attached hydrogens (primary N) is 1. The van der Waals surface area contributed by atoms with Crippen LogP contribution in [0.15, 0.2) is 64.1 Å². The molecule has 9 nitrogen and oxygen atoms in total. The first kappa shape index (κ1) is 29.5. The fourth-order valence-electron chi connectivity index (χ4n) is 5.40. The number of para-hydroxylation sites is 1. The van der Waals surface area contributed by atoms with Crippen molar-refractivity contribution in [2.75, 3.05) is 31.5 Å². The number of hydrogen-bond donors (Lipinski definition) is 2. The summed E-state index contributed by atoms with van der Waals surface area (Å²) in [5.41, 5.74) is 7.01. The van der Waals surface area contributed by atoms with Crippen LogP contribution < -0.4 is 16.6 Å². The van der Waals surface area contributed by atoms with Crippen LogP contribution in [0.5, 0.6) is 0 Å². The number of aryl methyl sites for hydroxylation is 1. The van der Waals surface area contributed by atoms with Crippen molar-refractivity contribution in [2.24, 2.45) is 12.8 Å². The van der Waals surface area contributed by atoms with Gasteiger partial charge in [-0.1, -0.05) is 30.3 Å². The molecular weight excluding hydrogens is 569 g/mol. The molecule has 0 atom stereocenters. The summed E-state index contributed by atoms with van der Waals surface area (Å²) in [5, 5.41) is 17.7. The van der Waals surface area contributed by atoms with Crippen molar-refractivity contribution in [1.82, 2.24) is 14.4 Å². The topological polar surface area (TPSA) is 124 Å². The lowest BCUT2D eigenvalue weighted by molar-refractivity contribution is 0.0713. The summed E-state index contributed by atoms with van der Waals surface area (Å²) in [6, 6.07) is 17.6. The van der Waals surface area contributed by atoms with Crippen LogP contribution in [0, 0.1) is 11.3 Å². The van der Waals surface area contributed by atoms with Crippen molar-refractivity contribution in [3.8, 4) is 6.07 Å². The molecule has 1 aromatic carbocycles. The van der Waals surface area contributed by atoms with Gasteiger partial charge in [-0.05, 0) is 54.6 Å². The SMILES string of the molecule is Cn1c(=O)c(C#N)c(NC2CCN(C(=O)c3cccs3)CC2)c2ccccc21.NC1CCN(C(=O)c2cccs2)CC1. The van der Waals surface area contributed by atoms with Crippen LogP contribution in [-0.2, 0) is 7.05 Å². The number of carbonyl (C=O) groups is 2. The Bertz CT molecular complexity index is 1630. The molecule has 42 heavy (non-hydrogen) atoms. The smallest absolute Gasteiger partial charge is 0.270 e. The van der Waals surface area contributed by atoms with E-state index in [2.05, 4.69) is 11.4 Å². The second kappa shape index (κ2) is 13.3. The number of aromatic nitrogens is 1. The molecule has 0 bridgehead atoms. The van der Waals surface area contributed by atoms with Crippen LogP contribution >= 0.6 is 22.7 Å². The third-order valence-electron chi connectivity index (χ3n) is 7.84. The molecule has 3 N–H and O–H groups in total. The van der Waals surface area contributed by atoms with E-state index < -0.39 is 0 Å². The van der Waals surface area contributed by atoms with Gasteiger partial charge in [-0.15, -0.1) is 22.7 Å². The molecule has 4 aromatic rings. The third kappa shape index (κ3) is 6.41. The number of likely N-dealkylation sites (tertiary alicyclic amines) is 2. The van der Waals surface area contributed by atoms with E-state index in [9.17, 15) is 19.6 Å². The largest absolute Gasteiger partial charge is 0.380 e. The van der Waals surface area contributed by atoms with Crippen LogP contribution in [0.1, 0.15) is 50.6 Å². The van der Waals surface area contributed by atoms with Crippen molar-refractivity contribution in [3.05, 3.63) is 85.0 Å². The summed E-state index contributed by atoms with van der Waals surface area (Å²) in [6.07, 6.45) is 3.39. The summed E-state index contributed by atoms with van der Waals surface area (Å²) in [4.78, 5) is 42.3. The number of hydrogen-bond acceptors (Lipinski definition) is 8. The highest BCUT2D eigenvalue weighted by molar-refractivity contribution is 7.12. The monoisotopic (exact) mass is 602 g/mol. The van der Waals surface area contributed by atoms with Gasteiger partial charge in [0.1, 0.15) is 11.6 Å². The van der Waals surface area contributed by atoms with E-state index in [1.54, 1.807) is 7.05 Å². The zero-order valence-corrected chi connectivity index (χ0v) is 25.1. The van der Waals surface area contributed by atoms with Gasteiger partial charge >= 0.3 is 0 Å². The molecule has 11 heteroatoms. The number of thiophene rings is 2. The average Bonchev–Trinajstić information content (AvgIpc) is 3.76. The van der Waals surface area contributed by atoms with Gasteiger partial charge in [-0.2, -0.15) is 5.26 Å². The second-order valence-corrected chi connectivity index (χ2v) is 12.4. The predicted molar refractivity (Wildman–Crippen MR) is 168 cm³/mol. The van der Waals surface area contributed by atoms with E-state index in [1.165, 1.54) is 27.2 Å². The maximum Gasteiger partial charge on any atom is 0.270 e. The Kier molecular flexibility index (Phi) is 9.37. The molecule has 2 fully saturated rings. The minimum absolute atomic E-state index is 0.0743. The van der Waals surface area contributed by atoms with Gasteiger partial charge in [0.25, 0.3) is 17.4 Å². The molecule has 2 saturated heterocycles. The number of benzene rings is 1. The number of amides is 2. The minimum atomic E-state index is -0.297. The van der Waals surface area contributed by atoms with Crippen molar-refractivity contribution >= 4 is 51.1 Å². The number of rotatable bonds is 4. The lowest BCUT2D eigenvalue weighted by Gasteiger charge is -2.33. The number of nitriles is 1. The van der Waals surface area contributed by atoms with E-state index in [0.29, 0.717) is 18.8 Å². The third-order valence-corrected chi connectivity index (χ3v) is 9.55. The number of carbonyl (C=O) groups excluding carboxylic acids is 2. The van der Waals surface area contributed by atoms with Crippen LogP contribution in [0.3, 0.4) is 0 Å². The summed E-state index contributed by atoms with van der Waals surface area (Å²) in [5.74, 6) is 0.233.